The molecule has 0 aliphatic carbocycles. The maximum atomic E-state index is 13.9. The van der Waals surface area contributed by atoms with E-state index in [2.05, 4.69) is 0 Å². The van der Waals surface area contributed by atoms with E-state index in [1.165, 1.54) is 9.80 Å². The molecular weight excluding hydrogens is 436 g/mol. The number of ketones is 1. The number of carbonyl (C=O) groups is 3. The van der Waals surface area contributed by atoms with Gasteiger partial charge in [0.05, 0.1) is 5.57 Å². The highest BCUT2D eigenvalue weighted by atomic mass is 16.5. The maximum absolute atomic E-state index is 13.9. The molecule has 3 heterocycles. The summed E-state index contributed by atoms with van der Waals surface area (Å²) < 4.78 is 10.9. The third-order valence-corrected chi connectivity index (χ3v) is 6.84. The Balaban J connectivity index is 1.75. The van der Waals surface area contributed by atoms with Crippen LogP contribution in [-0.2, 0) is 31.1 Å². The molecule has 2 aromatic carbocycles. The molecule has 2 aromatic rings. The molecule has 0 bridgehead atoms. The molecule has 2 atom stereocenters. The number of aliphatic hydroxyl groups is 1. The molecule has 0 unspecified atom stereocenters. The van der Waals surface area contributed by atoms with Gasteiger partial charge in [-0.15, -0.1) is 0 Å². The first-order chi connectivity index (χ1) is 16.3. The average Bonchev–Trinajstić information content (AvgIpc) is 3.39. The van der Waals surface area contributed by atoms with E-state index in [0.29, 0.717) is 36.3 Å². The van der Waals surface area contributed by atoms with Gasteiger partial charge in [0.2, 0.25) is 0 Å². The number of anilines is 1. The van der Waals surface area contributed by atoms with Crippen LogP contribution >= 0.6 is 0 Å². The molecule has 1 saturated heterocycles. The second kappa shape index (κ2) is 7.99. The molecule has 1 N–H and O–H groups in total. The first-order valence-electron chi connectivity index (χ1n) is 11.3. The van der Waals surface area contributed by atoms with E-state index < -0.39 is 23.1 Å². The lowest BCUT2D eigenvalue weighted by atomic mass is 9.81. The van der Waals surface area contributed by atoms with Crippen LogP contribution in [0.2, 0.25) is 0 Å². The summed E-state index contributed by atoms with van der Waals surface area (Å²) in [5, 5.41) is 11.5. The second-order valence-electron chi connectivity index (χ2n) is 8.90. The largest absolute Gasteiger partial charge is 0.507 e. The van der Waals surface area contributed by atoms with Crippen molar-refractivity contribution in [2.24, 2.45) is 0 Å². The fourth-order valence-electron chi connectivity index (χ4n) is 5.35. The number of likely N-dealkylation sites (N-methyl/N-ethyl adjacent to an activating group) is 1. The molecule has 8 heteroatoms. The Morgan fingerprint density at radius 2 is 1.97 bits per heavy atom. The number of likely N-dealkylation sites (tertiary alicyclic amines) is 1. The number of hydrogen-bond acceptors (Lipinski definition) is 6. The molecule has 8 nitrogen and oxygen atoms in total. The number of benzene rings is 2. The fraction of sp³-hybridized carbons (Fsp3) is 0.346. The van der Waals surface area contributed by atoms with E-state index in [9.17, 15) is 19.5 Å². The number of ether oxygens (including phenoxy) is 2. The number of aliphatic hydroxyl groups excluding tert-OH is 1. The van der Waals surface area contributed by atoms with Gasteiger partial charge in [-0.3, -0.25) is 14.4 Å². The van der Waals surface area contributed by atoms with Crippen LogP contribution in [0.25, 0.3) is 5.76 Å². The van der Waals surface area contributed by atoms with Crippen molar-refractivity contribution in [3.05, 3.63) is 64.7 Å². The molecule has 0 saturated carbocycles. The van der Waals surface area contributed by atoms with Crippen molar-refractivity contribution >= 4 is 29.0 Å². The Kier molecular flexibility index (Phi) is 5.20. The molecule has 3 aliphatic rings. The normalized spacial score (nSPS) is 24.7. The third-order valence-electron chi connectivity index (χ3n) is 6.84. The van der Waals surface area contributed by atoms with Crippen LogP contribution in [0.15, 0.2) is 48.0 Å². The molecular formula is C26H26N2O6. The highest BCUT2D eigenvalue weighted by molar-refractivity contribution is 6.50. The van der Waals surface area contributed by atoms with Crippen LogP contribution in [0, 0.1) is 0 Å². The molecule has 3 aliphatic heterocycles. The first-order valence-corrected chi connectivity index (χ1v) is 11.3. The van der Waals surface area contributed by atoms with Crippen molar-refractivity contribution in [3.63, 3.8) is 0 Å². The van der Waals surface area contributed by atoms with Gasteiger partial charge in [0, 0.05) is 50.5 Å². The minimum absolute atomic E-state index is 0.00860. The van der Waals surface area contributed by atoms with Crippen molar-refractivity contribution in [3.8, 4) is 5.75 Å². The zero-order valence-corrected chi connectivity index (χ0v) is 19.3. The quantitative estimate of drug-likeness (QED) is 0.318. The molecule has 1 spiro atoms. The Morgan fingerprint density at radius 1 is 1.21 bits per heavy atom. The van der Waals surface area contributed by atoms with Crippen molar-refractivity contribution < 1.29 is 29.0 Å². The van der Waals surface area contributed by atoms with Gasteiger partial charge in [0.25, 0.3) is 17.6 Å². The first kappa shape index (κ1) is 22.2. The van der Waals surface area contributed by atoms with E-state index in [1.54, 1.807) is 56.6 Å². The Bertz CT molecular complexity index is 1250. The lowest BCUT2D eigenvalue weighted by molar-refractivity contribution is -0.143. The highest BCUT2D eigenvalue weighted by Crippen LogP contribution is 2.53. The van der Waals surface area contributed by atoms with Gasteiger partial charge in [0.15, 0.2) is 5.54 Å². The van der Waals surface area contributed by atoms with Crippen LogP contribution in [-0.4, -0.2) is 61.0 Å². The van der Waals surface area contributed by atoms with E-state index in [4.69, 9.17) is 9.47 Å². The summed E-state index contributed by atoms with van der Waals surface area (Å²) in [4.78, 5) is 43.4. The molecule has 0 aromatic heterocycles. The predicted octanol–water partition coefficient (Wildman–Crippen LogP) is 2.60. The number of nitrogens with zero attached hydrogens (tertiary/aromatic N) is 2. The Labute approximate surface area is 197 Å². The molecule has 0 radical (unpaired) electrons. The Hall–Kier alpha value is -3.65. The van der Waals surface area contributed by atoms with Crippen molar-refractivity contribution in [1.82, 2.24) is 4.90 Å². The number of amides is 2. The van der Waals surface area contributed by atoms with E-state index >= 15 is 0 Å². The molecule has 5 rings (SSSR count). The van der Waals surface area contributed by atoms with Gasteiger partial charge in [-0.05, 0) is 43.2 Å². The number of Topliss-reactive ketones (excluding diaryl/α,β-unsaturated/α-hetero) is 1. The number of fused-ring (bicyclic) bond motifs is 3. The van der Waals surface area contributed by atoms with E-state index in [0.717, 1.165) is 11.3 Å². The number of hydrogen-bond donors (Lipinski definition) is 1. The summed E-state index contributed by atoms with van der Waals surface area (Å²) in [5.74, 6) is -1.79. The fourth-order valence-corrected chi connectivity index (χ4v) is 5.35. The van der Waals surface area contributed by atoms with Crippen LogP contribution in [0.4, 0.5) is 5.69 Å². The van der Waals surface area contributed by atoms with Gasteiger partial charge >= 0.3 is 0 Å². The van der Waals surface area contributed by atoms with Gasteiger partial charge in [-0.25, -0.2) is 0 Å². The van der Waals surface area contributed by atoms with Crippen molar-refractivity contribution in [2.75, 3.05) is 32.2 Å². The Morgan fingerprint density at radius 3 is 2.74 bits per heavy atom. The number of methoxy groups -OCH3 is 1. The van der Waals surface area contributed by atoms with E-state index in [1.807, 2.05) is 6.92 Å². The number of carbonyl (C=O) groups excluding carboxylic acids is 3. The monoisotopic (exact) mass is 462 g/mol. The lowest BCUT2D eigenvalue weighted by Crippen LogP contribution is -2.51. The van der Waals surface area contributed by atoms with Crippen molar-refractivity contribution in [2.45, 2.75) is 31.4 Å². The molecule has 2 amide bonds. The molecule has 1 fully saturated rings. The summed E-state index contributed by atoms with van der Waals surface area (Å²) in [5.41, 5.74) is 0.413. The molecule has 176 valence electrons. The van der Waals surface area contributed by atoms with Crippen LogP contribution in [0.5, 0.6) is 5.75 Å². The second-order valence-corrected chi connectivity index (χ2v) is 8.90. The summed E-state index contributed by atoms with van der Waals surface area (Å²) in [6, 6.07) is 12.2. The van der Waals surface area contributed by atoms with Gasteiger partial charge in [-0.2, -0.15) is 0 Å². The topological polar surface area (TPSA) is 96.4 Å². The summed E-state index contributed by atoms with van der Waals surface area (Å²) in [7, 11) is 3.16. The van der Waals surface area contributed by atoms with Crippen LogP contribution in [0.1, 0.15) is 30.0 Å². The smallest absolute Gasteiger partial charge is 0.296 e. The zero-order chi connectivity index (χ0) is 24.2. The summed E-state index contributed by atoms with van der Waals surface area (Å²) in [6.07, 6.45) is 1.10. The maximum Gasteiger partial charge on any atom is 0.296 e. The zero-order valence-electron chi connectivity index (χ0n) is 19.3. The van der Waals surface area contributed by atoms with Gasteiger partial charge in [0.1, 0.15) is 17.6 Å². The molecule has 34 heavy (non-hydrogen) atoms. The van der Waals surface area contributed by atoms with Crippen LogP contribution < -0.4 is 9.64 Å². The number of para-hydroxylation sites is 1. The minimum Gasteiger partial charge on any atom is -0.507 e. The van der Waals surface area contributed by atoms with Crippen molar-refractivity contribution in [1.29, 1.82) is 0 Å². The van der Waals surface area contributed by atoms with Gasteiger partial charge in [-0.1, -0.05) is 18.2 Å². The highest BCUT2D eigenvalue weighted by Gasteiger charge is 2.66. The van der Waals surface area contributed by atoms with Crippen LogP contribution in [0.3, 0.4) is 0 Å². The van der Waals surface area contributed by atoms with E-state index in [-0.39, 0.29) is 24.0 Å². The summed E-state index contributed by atoms with van der Waals surface area (Å²) >= 11 is 0. The predicted molar refractivity (Wildman–Crippen MR) is 125 cm³/mol. The SMILES string of the molecule is COCCCN1C(=O)C(=O)C(=C(O)c2ccc3c(c2)C[C@@H](C)O3)[C@@]12C(=O)N(C)c1ccccc12. The third kappa shape index (κ3) is 2.91. The summed E-state index contributed by atoms with van der Waals surface area (Å²) in [6.45, 7) is 2.43. The lowest BCUT2D eigenvalue weighted by Gasteiger charge is -2.34. The minimum atomic E-state index is -1.74. The standard InChI is InChI=1S/C26H26N2O6/c1-15-13-17-14-16(9-10-20(17)34-15)22(29)21-23(30)24(31)28(11-6-12-33-3)26(21)18-7-4-5-8-19(18)27(2)25(26)32/h4-5,7-10,14-15,29H,6,11-13H2,1-3H3/t15-,26+/m1/s1. The number of rotatable bonds is 5. The van der Waals surface area contributed by atoms with Gasteiger partial charge < -0.3 is 24.4 Å². The average molecular weight is 463 g/mol.